The summed E-state index contributed by atoms with van der Waals surface area (Å²) in [6.45, 7) is 0. The Hall–Kier alpha value is -0.0100. The average molecular weight is 269 g/mol. The van der Waals surface area contributed by atoms with Crippen LogP contribution >= 0.6 is 11.6 Å². The predicted molar refractivity (Wildman–Crippen MR) is 76.1 cm³/mol. The van der Waals surface area contributed by atoms with Crippen molar-refractivity contribution in [3.8, 4) is 0 Å². The lowest BCUT2D eigenvalue weighted by Crippen LogP contribution is -2.25. The van der Waals surface area contributed by atoms with Crippen LogP contribution in [-0.4, -0.2) is 17.1 Å². The van der Waals surface area contributed by atoms with Gasteiger partial charge in [-0.25, -0.2) is 0 Å². The fourth-order valence-electron chi connectivity index (χ4n) is 4.00. The second-order valence-corrected chi connectivity index (χ2v) is 7.02. The molecule has 3 aliphatic rings. The molecule has 0 radical (unpaired) electrons. The summed E-state index contributed by atoms with van der Waals surface area (Å²) in [4.78, 5) is 0. The normalized spacial score (nSPS) is 35.7. The Morgan fingerprint density at radius 1 is 1.11 bits per heavy atom. The SMILES string of the molecule is ClC1C=C(CC2CCC3(CCCC3)O2)CCCC1. The van der Waals surface area contributed by atoms with Gasteiger partial charge in [-0.05, 0) is 51.4 Å². The maximum absolute atomic E-state index is 6.40. The number of hydrogen-bond acceptors (Lipinski definition) is 1. The Morgan fingerprint density at radius 3 is 2.78 bits per heavy atom. The lowest BCUT2D eigenvalue weighted by atomic mass is 9.97. The molecule has 0 aromatic rings. The van der Waals surface area contributed by atoms with Crippen molar-refractivity contribution in [2.24, 2.45) is 0 Å². The fourth-order valence-corrected chi connectivity index (χ4v) is 4.34. The van der Waals surface area contributed by atoms with Gasteiger partial charge in [0.2, 0.25) is 0 Å². The summed E-state index contributed by atoms with van der Waals surface area (Å²) in [5.74, 6) is 0. The van der Waals surface area contributed by atoms with Crippen molar-refractivity contribution in [3.63, 3.8) is 0 Å². The molecule has 2 aliphatic carbocycles. The molecule has 1 spiro atoms. The van der Waals surface area contributed by atoms with Gasteiger partial charge in [-0.3, -0.25) is 0 Å². The first-order valence-corrected chi connectivity index (χ1v) is 8.21. The van der Waals surface area contributed by atoms with Gasteiger partial charge in [0.15, 0.2) is 0 Å². The largest absolute Gasteiger partial charge is 0.371 e. The van der Waals surface area contributed by atoms with Gasteiger partial charge in [0, 0.05) is 0 Å². The maximum atomic E-state index is 6.40. The van der Waals surface area contributed by atoms with Crippen molar-refractivity contribution in [1.29, 1.82) is 0 Å². The lowest BCUT2D eigenvalue weighted by Gasteiger charge is -2.24. The van der Waals surface area contributed by atoms with Gasteiger partial charge in [0.25, 0.3) is 0 Å². The lowest BCUT2D eigenvalue weighted by molar-refractivity contribution is -0.0357. The van der Waals surface area contributed by atoms with E-state index in [0.717, 1.165) is 12.8 Å². The van der Waals surface area contributed by atoms with Crippen LogP contribution in [0.15, 0.2) is 11.6 Å². The second-order valence-electron chi connectivity index (χ2n) is 6.46. The molecule has 0 bridgehead atoms. The third kappa shape index (κ3) is 2.93. The molecule has 2 atom stereocenters. The van der Waals surface area contributed by atoms with Crippen LogP contribution in [0.5, 0.6) is 0 Å². The number of allylic oxidation sites excluding steroid dienone is 1. The molecule has 3 rings (SSSR count). The van der Waals surface area contributed by atoms with E-state index in [1.54, 1.807) is 5.57 Å². The highest BCUT2D eigenvalue weighted by Crippen LogP contribution is 2.44. The Bertz CT molecular complexity index is 317. The third-order valence-electron chi connectivity index (χ3n) is 4.99. The maximum Gasteiger partial charge on any atom is 0.0687 e. The van der Waals surface area contributed by atoms with Crippen LogP contribution in [0, 0.1) is 0 Å². The topological polar surface area (TPSA) is 9.23 Å². The molecule has 2 fully saturated rings. The molecule has 1 heterocycles. The average Bonchev–Trinajstić information content (AvgIpc) is 2.90. The van der Waals surface area contributed by atoms with E-state index >= 15 is 0 Å². The van der Waals surface area contributed by atoms with E-state index in [4.69, 9.17) is 16.3 Å². The standard InChI is InChI=1S/C16H25ClO/c17-14-6-2-1-5-13(11-14)12-15-7-10-16(18-15)8-3-4-9-16/h11,14-15H,1-10,12H2. The molecule has 0 aromatic heterocycles. The van der Waals surface area contributed by atoms with Crippen LogP contribution in [0.2, 0.25) is 0 Å². The summed E-state index contributed by atoms with van der Waals surface area (Å²) >= 11 is 6.30. The fraction of sp³-hybridized carbons (Fsp3) is 0.875. The Balaban J connectivity index is 1.57. The van der Waals surface area contributed by atoms with E-state index < -0.39 is 0 Å². The van der Waals surface area contributed by atoms with Crippen LogP contribution in [0.3, 0.4) is 0 Å². The van der Waals surface area contributed by atoms with Gasteiger partial charge in [-0.15, -0.1) is 11.6 Å². The van der Waals surface area contributed by atoms with Crippen LogP contribution in [0.25, 0.3) is 0 Å². The van der Waals surface area contributed by atoms with E-state index in [-0.39, 0.29) is 11.0 Å². The number of halogens is 1. The Morgan fingerprint density at radius 2 is 1.94 bits per heavy atom. The molecule has 1 saturated heterocycles. The highest BCUT2D eigenvalue weighted by atomic mass is 35.5. The van der Waals surface area contributed by atoms with Gasteiger partial charge in [-0.1, -0.05) is 30.9 Å². The van der Waals surface area contributed by atoms with Crippen molar-refractivity contribution >= 4 is 11.6 Å². The van der Waals surface area contributed by atoms with Crippen molar-refractivity contribution in [2.75, 3.05) is 0 Å². The minimum Gasteiger partial charge on any atom is -0.371 e. The van der Waals surface area contributed by atoms with Gasteiger partial charge in [0.05, 0.1) is 17.1 Å². The molecule has 1 saturated carbocycles. The van der Waals surface area contributed by atoms with E-state index in [2.05, 4.69) is 6.08 Å². The second kappa shape index (κ2) is 5.54. The van der Waals surface area contributed by atoms with E-state index in [9.17, 15) is 0 Å². The number of ether oxygens (including phenoxy) is 1. The number of hydrogen-bond donors (Lipinski definition) is 0. The first kappa shape index (κ1) is 13.0. The highest BCUT2D eigenvalue weighted by Gasteiger charge is 2.42. The van der Waals surface area contributed by atoms with E-state index in [0.29, 0.717) is 6.10 Å². The van der Waals surface area contributed by atoms with Gasteiger partial charge in [0.1, 0.15) is 0 Å². The summed E-state index contributed by atoms with van der Waals surface area (Å²) < 4.78 is 6.40. The number of alkyl halides is 1. The predicted octanol–water partition coefficient (Wildman–Crippen LogP) is 4.98. The summed E-state index contributed by atoms with van der Waals surface area (Å²) in [6, 6.07) is 0. The van der Waals surface area contributed by atoms with Crippen LogP contribution in [0.4, 0.5) is 0 Å². The first-order chi connectivity index (χ1) is 8.76. The van der Waals surface area contributed by atoms with Gasteiger partial charge >= 0.3 is 0 Å². The highest BCUT2D eigenvalue weighted by molar-refractivity contribution is 6.21. The van der Waals surface area contributed by atoms with Crippen molar-refractivity contribution in [2.45, 2.75) is 87.7 Å². The molecule has 1 aliphatic heterocycles. The van der Waals surface area contributed by atoms with Gasteiger partial charge < -0.3 is 4.74 Å². The zero-order valence-corrected chi connectivity index (χ0v) is 12.1. The van der Waals surface area contributed by atoms with Gasteiger partial charge in [-0.2, -0.15) is 0 Å². The molecule has 102 valence electrons. The zero-order chi connectivity index (χ0) is 12.4. The molecular formula is C16H25ClO. The molecular weight excluding hydrogens is 244 g/mol. The summed E-state index contributed by atoms with van der Waals surface area (Å²) in [5.41, 5.74) is 1.85. The van der Waals surface area contributed by atoms with Crippen LogP contribution in [-0.2, 0) is 4.74 Å². The molecule has 18 heavy (non-hydrogen) atoms. The molecule has 1 nitrogen and oxygen atoms in total. The number of rotatable bonds is 2. The molecule has 0 N–H and O–H groups in total. The van der Waals surface area contributed by atoms with E-state index in [1.165, 1.54) is 57.8 Å². The van der Waals surface area contributed by atoms with Crippen LogP contribution < -0.4 is 0 Å². The Kier molecular flexibility index (Phi) is 4.00. The zero-order valence-electron chi connectivity index (χ0n) is 11.3. The van der Waals surface area contributed by atoms with Crippen molar-refractivity contribution in [1.82, 2.24) is 0 Å². The van der Waals surface area contributed by atoms with E-state index in [1.807, 2.05) is 0 Å². The van der Waals surface area contributed by atoms with Crippen LogP contribution in [0.1, 0.15) is 70.6 Å². The monoisotopic (exact) mass is 268 g/mol. The minimum absolute atomic E-state index is 0.268. The summed E-state index contributed by atoms with van der Waals surface area (Å²) in [7, 11) is 0. The summed E-state index contributed by atoms with van der Waals surface area (Å²) in [5, 5.41) is 0.268. The molecule has 2 heteroatoms. The molecule has 0 amide bonds. The Labute approximate surface area is 116 Å². The van der Waals surface area contributed by atoms with Crippen molar-refractivity contribution in [3.05, 3.63) is 11.6 Å². The van der Waals surface area contributed by atoms with Crippen molar-refractivity contribution < 1.29 is 4.74 Å². The summed E-state index contributed by atoms with van der Waals surface area (Å²) in [6.07, 6.45) is 16.9. The molecule has 0 aromatic carbocycles. The minimum atomic E-state index is 0.268. The molecule has 2 unspecified atom stereocenters. The smallest absolute Gasteiger partial charge is 0.0687 e. The first-order valence-electron chi connectivity index (χ1n) is 7.77. The third-order valence-corrected chi connectivity index (χ3v) is 5.33. The quantitative estimate of drug-likeness (QED) is 0.507.